The van der Waals surface area contributed by atoms with Crippen molar-refractivity contribution < 1.29 is 4.42 Å². The summed E-state index contributed by atoms with van der Waals surface area (Å²) >= 11 is 0. The van der Waals surface area contributed by atoms with Gasteiger partial charge in [0.15, 0.2) is 0 Å². The molecule has 0 atom stereocenters. The van der Waals surface area contributed by atoms with Crippen LogP contribution in [-0.2, 0) is 0 Å². The molecule has 54 heavy (non-hydrogen) atoms. The Labute approximate surface area is 311 Å². The minimum absolute atomic E-state index is 0.648. The van der Waals surface area contributed by atoms with Crippen molar-refractivity contribution in [2.45, 2.75) is 0 Å². The lowest BCUT2D eigenvalue weighted by atomic mass is 9.98. The molecule has 252 valence electrons. The molecular formula is C50H31N3O. The Kier molecular flexibility index (Phi) is 6.82. The predicted molar refractivity (Wildman–Crippen MR) is 223 cm³/mol. The summed E-state index contributed by atoms with van der Waals surface area (Å²) in [5.74, 6) is 0.648. The molecule has 0 radical (unpaired) electrons. The van der Waals surface area contributed by atoms with E-state index in [2.05, 4.69) is 168 Å². The zero-order valence-electron chi connectivity index (χ0n) is 29.1. The number of rotatable bonds is 5. The first kappa shape index (κ1) is 30.3. The molecule has 11 aromatic rings. The molecule has 0 unspecified atom stereocenters. The third-order valence-electron chi connectivity index (χ3n) is 10.7. The number of furan rings is 1. The van der Waals surface area contributed by atoms with Gasteiger partial charge < -0.3 is 4.42 Å². The van der Waals surface area contributed by atoms with Crippen LogP contribution in [0.5, 0.6) is 0 Å². The highest BCUT2D eigenvalue weighted by atomic mass is 16.3. The van der Waals surface area contributed by atoms with Crippen molar-refractivity contribution >= 4 is 54.6 Å². The molecule has 0 aliphatic carbocycles. The van der Waals surface area contributed by atoms with Crippen LogP contribution in [0.1, 0.15) is 0 Å². The van der Waals surface area contributed by atoms with Gasteiger partial charge in [-0.1, -0.05) is 146 Å². The molecule has 0 bridgehead atoms. The van der Waals surface area contributed by atoms with Gasteiger partial charge in [-0.05, 0) is 75.8 Å². The van der Waals surface area contributed by atoms with Crippen molar-refractivity contribution in [1.29, 1.82) is 0 Å². The van der Waals surface area contributed by atoms with Crippen LogP contribution in [0.2, 0.25) is 0 Å². The molecule has 0 aliphatic heterocycles. The summed E-state index contributed by atoms with van der Waals surface area (Å²) in [5.41, 5.74) is 13.8. The van der Waals surface area contributed by atoms with E-state index in [1.165, 1.54) is 16.7 Å². The minimum atomic E-state index is 0.648. The Morgan fingerprint density at radius 1 is 0.333 bits per heavy atom. The maximum absolute atomic E-state index is 6.12. The van der Waals surface area contributed by atoms with E-state index in [9.17, 15) is 0 Å². The van der Waals surface area contributed by atoms with E-state index in [0.717, 1.165) is 82.6 Å². The van der Waals surface area contributed by atoms with Gasteiger partial charge in [-0.25, -0.2) is 9.97 Å². The minimum Gasteiger partial charge on any atom is -0.456 e. The zero-order chi connectivity index (χ0) is 35.6. The second-order valence-corrected chi connectivity index (χ2v) is 13.8. The monoisotopic (exact) mass is 689 g/mol. The summed E-state index contributed by atoms with van der Waals surface area (Å²) in [7, 11) is 0. The van der Waals surface area contributed by atoms with Crippen molar-refractivity contribution in [2.75, 3.05) is 0 Å². The van der Waals surface area contributed by atoms with Gasteiger partial charge in [0, 0.05) is 32.5 Å². The Morgan fingerprint density at radius 3 is 1.61 bits per heavy atom. The third kappa shape index (κ3) is 4.92. The summed E-state index contributed by atoms with van der Waals surface area (Å²) in [4.78, 5) is 10.5. The average molecular weight is 690 g/mol. The van der Waals surface area contributed by atoms with Gasteiger partial charge in [-0.3, -0.25) is 4.57 Å². The van der Waals surface area contributed by atoms with E-state index in [1.54, 1.807) is 0 Å². The Balaban J connectivity index is 1.02. The SMILES string of the molecule is c1ccc(-c2ccc(-c3ccc(-c4nc(-n5c6ccccc6c6cc(-c7ccc8oc9ccccc9c8c7)ccc65)nc5ccccc45)cc3)cc2)cc1. The van der Waals surface area contributed by atoms with E-state index >= 15 is 0 Å². The lowest BCUT2D eigenvalue weighted by molar-refractivity contribution is 0.669. The topological polar surface area (TPSA) is 43.9 Å². The lowest BCUT2D eigenvalue weighted by Gasteiger charge is -2.12. The van der Waals surface area contributed by atoms with Gasteiger partial charge in [-0.2, -0.15) is 0 Å². The summed E-state index contributed by atoms with van der Waals surface area (Å²) in [6, 6.07) is 66.2. The summed E-state index contributed by atoms with van der Waals surface area (Å²) in [5, 5.41) is 5.58. The van der Waals surface area contributed by atoms with Crippen molar-refractivity contribution in [3.05, 3.63) is 188 Å². The smallest absolute Gasteiger partial charge is 0.235 e. The lowest BCUT2D eigenvalue weighted by Crippen LogP contribution is -2.03. The van der Waals surface area contributed by atoms with Crippen molar-refractivity contribution in [1.82, 2.24) is 14.5 Å². The summed E-state index contributed by atoms with van der Waals surface area (Å²) < 4.78 is 8.33. The number of hydrogen-bond acceptors (Lipinski definition) is 3. The van der Waals surface area contributed by atoms with Crippen LogP contribution in [0.15, 0.2) is 192 Å². The molecule has 3 aromatic heterocycles. The molecule has 0 saturated heterocycles. The van der Waals surface area contributed by atoms with Gasteiger partial charge in [-0.15, -0.1) is 0 Å². The standard InChI is InChI=1S/C50H31N3O/c1-2-10-32(11-3-1)33-18-20-34(21-19-33)35-22-24-36(25-23-35)49-41-14-4-7-15-44(41)51-50(52-49)53-45-16-8-5-12-39(45)42-30-37(26-28-46(42)53)38-27-29-48-43(31-38)40-13-6-9-17-47(40)54-48/h1-31H. The van der Waals surface area contributed by atoms with E-state index in [0.29, 0.717) is 5.95 Å². The van der Waals surface area contributed by atoms with Crippen molar-refractivity contribution in [3.63, 3.8) is 0 Å². The summed E-state index contributed by atoms with van der Waals surface area (Å²) in [6.07, 6.45) is 0. The van der Waals surface area contributed by atoms with Crippen molar-refractivity contribution in [2.24, 2.45) is 0 Å². The molecule has 4 nitrogen and oxygen atoms in total. The first-order valence-corrected chi connectivity index (χ1v) is 18.2. The van der Waals surface area contributed by atoms with E-state index < -0.39 is 0 Å². The molecule has 0 spiro atoms. The zero-order valence-corrected chi connectivity index (χ0v) is 29.1. The molecule has 0 fully saturated rings. The van der Waals surface area contributed by atoms with Crippen LogP contribution in [0.3, 0.4) is 0 Å². The Morgan fingerprint density at radius 2 is 0.852 bits per heavy atom. The molecule has 0 N–H and O–H groups in total. The number of hydrogen-bond donors (Lipinski definition) is 0. The Hall–Kier alpha value is -7.30. The van der Waals surface area contributed by atoms with Gasteiger partial charge in [0.1, 0.15) is 11.2 Å². The van der Waals surface area contributed by atoms with Crippen LogP contribution in [0, 0.1) is 0 Å². The first-order valence-electron chi connectivity index (χ1n) is 18.2. The summed E-state index contributed by atoms with van der Waals surface area (Å²) in [6.45, 7) is 0. The average Bonchev–Trinajstić information content (AvgIpc) is 3.79. The normalized spacial score (nSPS) is 11.7. The van der Waals surface area contributed by atoms with Crippen LogP contribution in [0.25, 0.3) is 105 Å². The number of para-hydroxylation sites is 3. The van der Waals surface area contributed by atoms with Crippen molar-refractivity contribution in [3.8, 4) is 50.6 Å². The number of nitrogens with zero attached hydrogens (tertiary/aromatic N) is 3. The van der Waals surface area contributed by atoms with Gasteiger partial charge in [0.05, 0.1) is 22.2 Å². The van der Waals surface area contributed by atoms with Crippen LogP contribution in [0.4, 0.5) is 0 Å². The van der Waals surface area contributed by atoms with Crippen LogP contribution < -0.4 is 0 Å². The van der Waals surface area contributed by atoms with Gasteiger partial charge in [0.25, 0.3) is 0 Å². The predicted octanol–water partition coefficient (Wildman–Crippen LogP) is 13.3. The quantitative estimate of drug-likeness (QED) is 0.181. The second-order valence-electron chi connectivity index (χ2n) is 13.8. The fourth-order valence-electron chi connectivity index (χ4n) is 7.96. The second kappa shape index (κ2) is 12.1. The molecule has 0 amide bonds. The van der Waals surface area contributed by atoms with Gasteiger partial charge >= 0.3 is 0 Å². The number of benzene rings is 8. The van der Waals surface area contributed by atoms with Crippen LogP contribution >= 0.6 is 0 Å². The molecule has 11 rings (SSSR count). The van der Waals surface area contributed by atoms with Crippen LogP contribution in [-0.4, -0.2) is 14.5 Å². The van der Waals surface area contributed by atoms with E-state index in [-0.39, 0.29) is 0 Å². The molecule has 3 heterocycles. The number of fused-ring (bicyclic) bond motifs is 7. The third-order valence-corrected chi connectivity index (χ3v) is 10.7. The van der Waals surface area contributed by atoms with Gasteiger partial charge in [0.2, 0.25) is 5.95 Å². The largest absolute Gasteiger partial charge is 0.456 e. The molecule has 4 heteroatoms. The Bertz CT molecular complexity index is 3190. The maximum Gasteiger partial charge on any atom is 0.235 e. The molecule has 0 saturated carbocycles. The fourth-order valence-corrected chi connectivity index (χ4v) is 7.96. The number of aromatic nitrogens is 3. The fraction of sp³-hybridized carbons (Fsp3) is 0. The van der Waals surface area contributed by atoms with E-state index in [4.69, 9.17) is 14.4 Å². The molecule has 0 aliphatic rings. The highest BCUT2D eigenvalue weighted by molar-refractivity contribution is 6.11. The highest BCUT2D eigenvalue weighted by Crippen LogP contribution is 2.38. The highest BCUT2D eigenvalue weighted by Gasteiger charge is 2.18. The maximum atomic E-state index is 6.12. The molecule has 8 aromatic carbocycles. The van der Waals surface area contributed by atoms with E-state index in [1.807, 2.05) is 24.3 Å². The first-order chi connectivity index (χ1) is 26.7. The molecular weight excluding hydrogens is 659 g/mol.